The van der Waals surface area contributed by atoms with Gasteiger partial charge in [0.2, 0.25) is 0 Å². The molecule has 36 heavy (non-hydrogen) atoms. The van der Waals surface area contributed by atoms with Crippen molar-refractivity contribution in [1.29, 1.82) is 0 Å². The Morgan fingerprint density at radius 1 is 0.972 bits per heavy atom. The third kappa shape index (κ3) is 6.34. The molecule has 4 aromatic rings. The van der Waals surface area contributed by atoms with Crippen molar-refractivity contribution in [2.45, 2.75) is 49.4 Å². The number of benzene rings is 2. The van der Waals surface area contributed by atoms with Gasteiger partial charge in [0.15, 0.2) is 0 Å². The van der Waals surface area contributed by atoms with Crippen LogP contribution in [0, 0.1) is 0 Å². The third-order valence-corrected chi connectivity index (χ3v) is 7.20. The van der Waals surface area contributed by atoms with Crippen LogP contribution >= 0.6 is 35.0 Å². The van der Waals surface area contributed by atoms with E-state index in [9.17, 15) is 4.79 Å². The van der Waals surface area contributed by atoms with Gasteiger partial charge in [0.25, 0.3) is 0 Å². The number of methoxy groups -OCH3 is 1. The summed E-state index contributed by atoms with van der Waals surface area (Å²) in [5, 5.41) is 5.48. The van der Waals surface area contributed by atoms with Crippen molar-refractivity contribution in [2.24, 2.45) is 0 Å². The summed E-state index contributed by atoms with van der Waals surface area (Å²) in [6.45, 7) is 5.63. The van der Waals surface area contributed by atoms with Gasteiger partial charge in [0.05, 0.1) is 19.3 Å². The van der Waals surface area contributed by atoms with E-state index in [0.29, 0.717) is 29.7 Å². The highest BCUT2D eigenvalue weighted by Gasteiger charge is 2.23. The van der Waals surface area contributed by atoms with Crippen LogP contribution < -0.4 is 15.7 Å². The first kappa shape index (κ1) is 26.4. The highest BCUT2D eigenvalue weighted by atomic mass is 35.5. The van der Waals surface area contributed by atoms with Crippen LogP contribution in [0.25, 0.3) is 0 Å². The van der Waals surface area contributed by atoms with E-state index in [1.54, 1.807) is 25.6 Å². The van der Waals surface area contributed by atoms with E-state index in [1.165, 1.54) is 11.8 Å². The number of rotatable bonds is 10. The molecular weight excluding hydrogens is 515 g/mol. The van der Waals surface area contributed by atoms with Crippen LogP contribution in [0.2, 0.25) is 10.0 Å². The summed E-state index contributed by atoms with van der Waals surface area (Å²) in [6, 6.07) is 17.1. The maximum Gasteiger partial charge on any atom is 0.329 e. The number of imidazole rings is 1. The van der Waals surface area contributed by atoms with Crippen molar-refractivity contribution < 1.29 is 4.74 Å². The lowest BCUT2D eigenvalue weighted by Crippen LogP contribution is -2.27. The lowest BCUT2D eigenvalue weighted by atomic mass is 10.2. The molecule has 2 aromatic carbocycles. The molecule has 0 bridgehead atoms. The first-order valence-corrected chi connectivity index (χ1v) is 13.1. The second-order valence-corrected chi connectivity index (χ2v) is 10.5. The van der Waals surface area contributed by atoms with Gasteiger partial charge in [0.1, 0.15) is 10.8 Å². The highest BCUT2D eigenvalue weighted by molar-refractivity contribution is 7.99. The molecule has 188 valence electrons. The summed E-state index contributed by atoms with van der Waals surface area (Å²) in [7, 11) is 1.64. The van der Waals surface area contributed by atoms with Gasteiger partial charge >= 0.3 is 5.69 Å². The fourth-order valence-electron chi connectivity index (χ4n) is 3.92. The van der Waals surface area contributed by atoms with Crippen LogP contribution in [0.4, 0.5) is 0 Å². The minimum atomic E-state index is -0.0582. The smallest absolute Gasteiger partial charge is 0.329 e. The molecule has 0 unspecified atom stereocenters. The molecule has 2 heterocycles. The van der Waals surface area contributed by atoms with E-state index >= 15 is 0 Å². The van der Waals surface area contributed by atoms with Crippen LogP contribution in [0.15, 0.2) is 81.7 Å². The molecule has 0 radical (unpaired) electrons. The maximum atomic E-state index is 13.7. The maximum absolute atomic E-state index is 13.7. The normalized spacial score (nSPS) is 11.3. The number of ether oxygens (including phenoxy) is 1. The second kappa shape index (κ2) is 12.0. The van der Waals surface area contributed by atoms with Gasteiger partial charge in [-0.1, -0.05) is 47.1 Å². The average Bonchev–Trinajstić information content (AvgIpc) is 3.10. The predicted octanol–water partition coefficient (Wildman–Crippen LogP) is 6.43. The van der Waals surface area contributed by atoms with Crippen LogP contribution in [-0.4, -0.2) is 21.2 Å². The van der Waals surface area contributed by atoms with Crippen molar-refractivity contribution in [3.8, 4) is 5.75 Å². The SMILES string of the molecule is COc1ccc(Cn2c(CNCc3ccncc3)c(Sc3cc(Cl)cc(Cl)c3)n(C(C)C)c2=O)cc1. The monoisotopic (exact) mass is 542 g/mol. The molecule has 0 saturated carbocycles. The van der Waals surface area contributed by atoms with E-state index < -0.39 is 0 Å². The van der Waals surface area contributed by atoms with Gasteiger partial charge in [0, 0.05) is 46.5 Å². The van der Waals surface area contributed by atoms with Crippen LogP contribution in [0.3, 0.4) is 0 Å². The fraction of sp³-hybridized carbons (Fsp3) is 0.259. The molecule has 2 aromatic heterocycles. The predicted molar refractivity (Wildman–Crippen MR) is 147 cm³/mol. The number of aromatic nitrogens is 3. The first-order valence-electron chi connectivity index (χ1n) is 11.6. The van der Waals surface area contributed by atoms with Crippen molar-refractivity contribution >= 4 is 35.0 Å². The summed E-state index contributed by atoms with van der Waals surface area (Å²) >= 11 is 14.1. The van der Waals surface area contributed by atoms with Crippen LogP contribution in [-0.2, 0) is 19.6 Å². The van der Waals surface area contributed by atoms with Gasteiger partial charge in [-0.15, -0.1) is 0 Å². The Balaban J connectivity index is 1.75. The van der Waals surface area contributed by atoms with E-state index in [0.717, 1.165) is 32.5 Å². The quantitative estimate of drug-likeness (QED) is 0.250. The molecule has 0 aliphatic carbocycles. The minimum absolute atomic E-state index is 0.0364. The van der Waals surface area contributed by atoms with Gasteiger partial charge in [-0.05, 0) is 67.4 Å². The number of pyridine rings is 1. The summed E-state index contributed by atoms with van der Waals surface area (Å²) in [6.07, 6.45) is 3.55. The topological polar surface area (TPSA) is 61.1 Å². The largest absolute Gasteiger partial charge is 0.497 e. The molecule has 0 spiro atoms. The molecule has 0 aliphatic rings. The van der Waals surface area contributed by atoms with E-state index in [4.69, 9.17) is 27.9 Å². The fourth-order valence-corrected chi connectivity index (χ4v) is 5.86. The Hall–Kier alpha value is -2.71. The number of halogens is 2. The first-order chi connectivity index (χ1) is 17.4. The summed E-state index contributed by atoms with van der Waals surface area (Å²) < 4.78 is 8.97. The van der Waals surface area contributed by atoms with E-state index in [1.807, 2.05) is 71.5 Å². The zero-order valence-electron chi connectivity index (χ0n) is 20.4. The second-order valence-electron chi connectivity index (χ2n) is 8.60. The molecule has 9 heteroatoms. The van der Waals surface area contributed by atoms with Gasteiger partial charge in [-0.25, -0.2) is 4.79 Å². The molecule has 0 amide bonds. The molecule has 0 saturated heterocycles. The zero-order chi connectivity index (χ0) is 25.7. The highest BCUT2D eigenvalue weighted by Crippen LogP contribution is 2.35. The Morgan fingerprint density at radius 3 is 2.25 bits per heavy atom. The summed E-state index contributed by atoms with van der Waals surface area (Å²) in [4.78, 5) is 18.7. The number of hydrogen-bond acceptors (Lipinski definition) is 5. The lowest BCUT2D eigenvalue weighted by Gasteiger charge is -2.14. The van der Waals surface area contributed by atoms with Crippen molar-refractivity contribution in [2.75, 3.05) is 7.11 Å². The van der Waals surface area contributed by atoms with Crippen molar-refractivity contribution in [3.05, 3.63) is 104 Å². The molecular formula is C27H28Cl2N4O2S. The molecule has 0 atom stereocenters. The lowest BCUT2D eigenvalue weighted by molar-refractivity contribution is 0.414. The van der Waals surface area contributed by atoms with E-state index in [-0.39, 0.29) is 11.7 Å². The summed E-state index contributed by atoms with van der Waals surface area (Å²) in [5.74, 6) is 0.777. The average molecular weight is 544 g/mol. The number of nitrogens with one attached hydrogen (secondary N) is 1. The summed E-state index contributed by atoms with van der Waals surface area (Å²) in [5.41, 5.74) is 2.97. The standard InChI is InChI=1S/C27H28Cl2N4O2S/c1-18(2)33-26(36-24-13-21(28)12-22(29)14-24)25(16-31-15-19-8-10-30-11-9-19)32(27(33)34)17-20-4-6-23(35-3)7-5-20/h4-14,18,31H,15-17H2,1-3H3. The Kier molecular flexibility index (Phi) is 8.80. The molecule has 4 rings (SSSR count). The number of hydrogen-bond donors (Lipinski definition) is 1. The molecule has 6 nitrogen and oxygen atoms in total. The van der Waals surface area contributed by atoms with Gasteiger partial charge in [-0.2, -0.15) is 0 Å². The van der Waals surface area contributed by atoms with Gasteiger partial charge in [-0.3, -0.25) is 14.1 Å². The Morgan fingerprint density at radius 2 is 1.64 bits per heavy atom. The molecule has 1 N–H and O–H groups in total. The Labute approximate surface area is 225 Å². The minimum Gasteiger partial charge on any atom is -0.497 e. The molecule has 0 aliphatic heterocycles. The van der Waals surface area contributed by atoms with Crippen LogP contribution in [0.5, 0.6) is 5.75 Å². The third-order valence-electron chi connectivity index (χ3n) is 5.67. The molecule has 0 fully saturated rings. The van der Waals surface area contributed by atoms with Crippen LogP contribution in [0.1, 0.15) is 36.7 Å². The Bertz CT molecular complexity index is 1350. The van der Waals surface area contributed by atoms with Crippen molar-refractivity contribution in [3.63, 3.8) is 0 Å². The number of nitrogens with zero attached hydrogens (tertiary/aromatic N) is 3. The van der Waals surface area contributed by atoms with E-state index in [2.05, 4.69) is 10.3 Å². The van der Waals surface area contributed by atoms with Gasteiger partial charge < -0.3 is 10.1 Å². The zero-order valence-corrected chi connectivity index (χ0v) is 22.7. The van der Waals surface area contributed by atoms with Crippen molar-refractivity contribution in [1.82, 2.24) is 19.4 Å².